The molecule has 1 fully saturated rings. The van der Waals surface area contributed by atoms with E-state index in [1.807, 2.05) is 0 Å². The lowest BCUT2D eigenvalue weighted by molar-refractivity contribution is 0.231. The van der Waals surface area contributed by atoms with E-state index < -0.39 is 0 Å². The van der Waals surface area contributed by atoms with Crippen LogP contribution in [0.3, 0.4) is 0 Å². The van der Waals surface area contributed by atoms with E-state index in [-0.39, 0.29) is 0 Å². The van der Waals surface area contributed by atoms with Gasteiger partial charge in [0.2, 0.25) is 0 Å². The topological polar surface area (TPSA) is 43.2 Å². The minimum Gasteiger partial charge on any atom is -0.353 e. The maximum atomic E-state index is 8.99. The molecule has 19 heavy (non-hydrogen) atoms. The molecule has 1 aromatic rings. The largest absolute Gasteiger partial charge is 0.353 e. The summed E-state index contributed by atoms with van der Waals surface area (Å²) in [5.41, 5.74) is 0.497. The van der Waals surface area contributed by atoms with Gasteiger partial charge in [-0.2, -0.15) is 5.26 Å². The molecule has 0 unspecified atom stereocenters. The van der Waals surface area contributed by atoms with Crippen molar-refractivity contribution in [3.63, 3.8) is 0 Å². The van der Waals surface area contributed by atoms with Crippen LogP contribution in [0.15, 0.2) is 12.3 Å². The van der Waals surface area contributed by atoms with Crippen LogP contribution in [0.25, 0.3) is 0 Å². The molecule has 0 saturated carbocycles. The van der Waals surface area contributed by atoms with Crippen molar-refractivity contribution < 1.29 is 0 Å². The Morgan fingerprint density at radius 1 is 1.37 bits per heavy atom. The molecule has 1 saturated heterocycles. The van der Waals surface area contributed by atoms with Crippen LogP contribution in [0.2, 0.25) is 5.02 Å². The monoisotopic (exact) mass is 278 g/mol. The van der Waals surface area contributed by atoms with Crippen LogP contribution in [0.1, 0.15) is 19.4 Å². The van der Waals surface area contributed by atoms with Crippen LogP contribution in [0.4, 0.5) is 5.82 Å². The van der Waals surface area contributed by atoms with Crippen molar-refractivity contribution in [2.45, 2.75) is 13.8 Å². The predicted octanol–water partition coefficient (Wildman–Crippen LogP) is 2.38. The number of halogens is 1. The maximum Gasteiger partial charge on any atom is 0.148 e. The third kappa shape index (κ3) is 3.37. The summed E-state index contributed by atoms with van der Waals surface area (Å²) in [5, 5.41) is 9.47. The predicted molar refractivity (Wildman–Crippen MR) is 77.5 cm³/mol. The molecule has 2 heterocycles. The van der Waals surface area contributed by atoms with Crippen LogP contribution in [0.5, 0.6) is 0 Å². The Morgan fingerprint density at radius 3 is 2.63 bits per heavy atom. The molecule has 0 bridgehead atoms. The molecule has 1 aliphatic heterocycles. The SMILES string of the molecule is CC(C)CN1CCN(c2nccc(C#N)c2Cl)CC1. The highest BCUT2D eigenvalue weighted by atomic mass is 35.5. The van der Waals surface area contributed by atoms with Crippen molar-refractivity contribution in [1.82, 2.24) is 9.88 Å². The van der Waals surface area contributed by atoms with Gasteiger partial charge in [-0.15, -0.1) is 0 Å². The van der Waals surface area contributed by atoms with Gasteiger partial charge in [0, 0.05) is 38.9 Å². The standard InChI is InChI=1S/C14H19ClN4/c1-11(2)10-18-5-7-19(8-6-18)14-13(15)12(9-16)3-4-17-14/h3-4,11H,5-8,10H2,1-2H3. The van der Waals surface area contributed by atoms with Crippen molar-refractivity contribution in [2.75, 3.05) is 37.6 Å². The molecule has 1 aliphatic rings. The van der Waals surface area contributed by atoms with E-state index in [4.69, 9.17) is 16.9 Å². The third-order valence-corrected chi connectivity index (χ3v) is 3.66. The van der Waals surface area contributed by atoms with E-state index in [2.05, 4.69) is 34.7 Å². The van der Waals surface area contributed by atoms with E-state index in [1.165, 1.54) is 0 Å². The van der Waals surface area contributed by atoms with E-state index >= 15 is 0 Å². The van der Waals surface area contributed by atoms with Crippen LogP contribution in [-0.4, -0.2) is 42.6 Å². The summed E-state index contributed by atoms with van der Waals surface area (Å²) in [5.74, 6) is 1.43. The second-order valence-corrected chi connectivity index (χ2v) is 5.67. The molecule has 5 heteroatoms. The summed E-state index contributed by atoms with van der Waals surface area (Å²) < 4.78 is 0. The lowest BCUT2D eigenvalue weighted by Gasteiger charge is -2.36. The maximum absolute atomic E-state index is 8.99. The van der Waals surface area contributed by atoms with Crippen LogP contribution >= 0.6 is 11.6 Å². The van der Waals surface area contributed by atoms with E-state index in [0.717, 1.165) is 38.5 Å². The van der Waals surface area contributed by atoms with Crippen LogP contribution in [-0.2, 0) is 0 Å². The van der Waals surface area contributed by atoms with Gasteiger partial charge in [0.15, 0.2) is 0 Å². The Labute approximate surface area is 119 Å². The Morgan fingerprint density at radius 2 is 2.05 bits per heavy atom. The highest BCUT2D eigenvalue weighted by Gasteiger charge is 2.21. The lowest BCUT2D eigenvalue weighted by Crippen LogP contribution is -2.47. The Kier molecular flexibility index (Phi) is 4.62. The minimum absolute atomic E-state index is 0.474. The first-order valence-electron chi connectivity index (χ1n) is 6.63. The molecule has 0 aromatic carbocycles. The number of aromatic nitrogens is 1. The number of hydrogen-bond donors (Lipinski definition) is 0. The first-order valence-corrected chi connectivity index (χ1v) is 7.01. The zero-order valence-electron chi connectivity index (χ0n) is 11.4. The lowest BCUT2D eigenvalue weighted by atomic mass is 10.2. The highest BCUT2D eigenvalue weighted by molar-refractivity contribution is 6.34. The molecule has 0 spiro atoms. The quantitative estimate of drug-likeness (QED) is 0.851. The molecular formula is C14H19ClN4. The average molecular weight is 279 g/mol. The number of nitrogens with zero attached hydrogens (tertiary/aromatic N) is 4. The molecule has 1 aromatic heterocycles. The smallest absolute Gasteiger partial charge is 0.148 e. The van der Waals surface area contributed by atoms with Gasteiger partial charge in [-0.05, 0) is 12.0 Å². The third-order valence-electron chi connectivity index (χ3n) is 3.29. The van der Waals surface area contributed by atoms with E-state index in [0.29, 0.717) is 16.5 Å². The fraction of sp³-hybridized carbons (Fsp3) is 0.571. The molecule has 2 rings (SSSR count). The normalized spacial score (nSPS) is 16.7. The number of anilines is 1. The average Bonchev–Trinajstić information content (AvgIpc) is 2.39. The molecule has 4 nitrogen and oxygen atoms in total. The highest BCUT2D eigenvalue weighted by Crippen LogP contribution is 2.27. The van der Waals surface area contributed by atoms with E-state index in [9.17, 15) is 0 Å². The molecule has 0 aliphatic carbocycles. The molecular weight excluding hydrogens is 260 g/mol. The number of piperazine rings is 1. The van der Waals surface area contributed by atoms with Gasteiger partial charge in [-0.25, -0.2) is 4.98 Å². The molecule has 0 N–H and O–H groups in total. The zero-order chi connectivity index (χ0) is 13.8. The second-order valence-electron chi connectivity index (χ2n) is 5.29. The summed E-state index contributed by atoms with van der Waals surface area (Å²) in [7, 11) is 0. The van der Waals surface area contributed by atoms with Crippen molar-refractivity contribution in [3.8, 4) is 6.07 Å². The van der Waals surface area contributed by atoms with Gasteiger partial charge in [-0.1, -0.05) is 25.4 Å². The van der Waals surface area contributed by atoms with E-state index in [1.54, 1.807) is 12.3 Å². The molecule has 0 amide bonds. The summed E-state index contributed by atoms with van der Waals surface area (Å²) in [4.78, 5) is 8.95. The van der Waals surface area contributed by atoms with Crippen LogP contribution in [0, 0.1) is 17.2 Å². The number of rotatable bonds is 3. The minimum atomic E-state index is 0.474. The first-order chi connectivity index (χ1) is 9.11. The van der Waals surface area contributed by atoms with Gasteiger partial charge in [-0.3, -0.25) is 4.90 Å². The van der Waals surface area contributed by atoms with Gasteiger partial charge < -0.3 is 4.90 Å². The summed E-state index contributed by atoms with van der Waals surface area (Å²) in [6.45, 7) is 9.47. The fourth-order valence-electron chi connectivity index (χ4n) is 2.40. The van der Waals surface area contributed by atoms with Crippen molar-refractivity contribution in [3.05, 3.63) is 22.8 Å². The van der Waals surface area contributed by atoms with Crippen molar-refractivity contribution in [1.29, 1.82) is 5.26 Å². The Bertz CT molecular complexity index is 473. The van der Waals surface area contributed by atoms with Gasteiger partial charge >= 0.3 is 0 Å². The number of nitriles is 1. The van der Waals surface area contributed by atoms with Crippen molar-refractivity contribution >= 4 is 17.4 Å². The van der Waals surface area contributed by atoms with Gasteiger partial charge in [0.05, 0.1) is 5.56 Å². The summed E-state index contributed by atoms with van der Waals surface area (Å²) >= 11 is 6.22. The van der Waals surface area contributed by atoms with Gasteiger partial charge in [0.25, 0.3) is 0 Å². The van der Waals surface area contributed by atoms with Gasteiger partial charge in [0.1, 0.15) is 16.9 Å². The zero-order valence-corrected chi connectivity index (χ0v) is 12.2. The fourth-order valence-corrected chi connectivity index (χ4v) is 2.67. The Hall–Kier alpha value is -1.31. The number of pyridine rings is 1. The van der Waals surface area contributed by atoms with Crippen molar-refractivity contribution in [2.24, 2.45) is 5.92 Å². The Balaban J connectivity index is 2.04. The first kappa shape index (κ1) is 14.1. The summed E-state index contributed by atoms with van der Waals surface area (Å²) in [6.07, 6.45) is 1.65. The molecule has 0 radical (unpaired) electrons. The summed E-state index contributed by atoms with van der Waals surface area (Å²) in [6, 6.07) is 3.75. The van der Waals surface area contributed by atoms with Crippen LogP contribution < -0.4 is 4.90 Å². The second kappa shape index (κ2) is 6.23. The molecule has 0 atom stereocenters. The number of hydrogen-bond acceptors (Lipinski definition) is 4. The molecule has 102 valence electrons.